The number of methoxy groups -OCH3 is 1. The number of ether oxygens (including phenoxy) is 3. The summed E-state index contributed by atoms with van der Waals surface area (Å²) >= 11 is 6.02. The first-order valence-corrected chi connectivity index (χ1v) is 14.6. The van der Waals surface area contributed by atoms with Crippen LogP contribution in [-0.4, -0.2) is 58.4 Å². The van der Waals surface area contributed by atoms with Gasteiger partial charge < -0.3 is 19.5 Å². The molecule has 1 aromatic heterocycles. The smallest absolute Gasteiger partial charge is 0.251 e. The fourth-order valence-corrected chi connectivity index (χ4v) is 5.52. The minimum absolute atomic E-state index is 0.0457. The van der Waals surface area contributed by atoms with Gasteiger partial charge in [0.1, 0.15) is 31.5 Å². The lowest BCUT2D eigenvalue weighted by molar-refractivity contribution is -0.127. The summed E-state index contributed by atoms with van der Waals surface area (Å²) in [6.45, 7) is 0.546. The van der Waals surface area contributed by atoms with E-state index in [-0.39, 0.29) is 18.5 Å². The van der Waals surface area contributed by atoms with Crippen molar-refractivity contribution in [2.45, 2.75) is 44.3 Å². The summed E-state index contributed by atoms with van der Waals surface area (Å²) < 4.78 is 16.9. The van der Waals surface area contributed by atoms with Crippen LogP contribution in [0.4, 0.5) is 5.69 Å². The Labute approximate surface area is 253 Å². The van der Waals surface area contributed by atoms with Crippen molar-refractivity contribution in [3.8, 4) is 28.6 Å². The highest BCUT2D eigenvalue weighted by atomic mass is 35.5. The molecule has 2 heterocycles. The van der Waals surface area contributed by atoms with Gasteiger partial charge in [-0.3, -0.25) is 14.5 Å². The minimum atomic E-state index is -0.999. The number of anilines is 1. The lowest BCUT2D eigenvalue weighted by Crippen LogP contribution is -2.47. The van der Waals surface area contributed by atoms with Crippen LogP contribution in [0.3, 0.4) is 0 Å². The van der Waals surface area contributed by atoms with Crippen molar-refractivity contribution in [3.05, 3.63) is 77.3 Å². The summed E-state index contributed by atoms with van der Waals surface area (Å²) in [5, 5.41) is 16.4. The number of hydrogen-bond acceptors (Lipinski definition) is 8. The van der Waals surface area contributed by atoms with Crippen molar-refractivity contribution in [2.24, 2.45) is 0 Å². The summed E-state index contributed by atoms with van der Waals surface area (Å²) in [5.74, 6) is 1.35. The lowest BCUT2D eigenvalue weighted by Gasteiger charge is -2.33. The van der Waals surface area contributed by atoms with Gasteiger partial charge in [0, 0.05) is 28.4 Å². The van der Waals surface area contributed by atoms with Crippen LogP contribution in [0.25, 0.3) is 11.4 Å². The minimum Gasteiger partial charge on any atom is -0.497 e. The molecule has 43 heavy (non-hydrogen) atoms. The van der Waals surface area contributed by atoms with Crippen LogP contribution >= 0.6 is 11.6 Å². The number of amides is 2. The van der Waals surface area contributed by atoms with Crippen LogP contribution in [0.5, 0.6) is 17.2 Å². The molecule has 0 spiro atoms. The van der Waals surface area contributed by atoms with Crippen LogP contribution < -0.4 is 24.4 Å². The van der Waals surface area contributed by atoms with Crippen LogP contribution in [-0.2, 0) is 16.1 Å². The monoisotopic (exact) mass is 602 g/mol. The highest BCUT2D eigenvalue weighted by molar-refractivity contribution is 6.30. The quantitative estimate of drug-likeness (QED) is 0.295. The molecule has 222 valence electrons. The first kappa shape index (κ1) is 28.5. The van der Waals surface area contributed by atoms with Gasteiger partial charge in [-0.2, -0.15) is 4.80 Å². The Hall–Kier alpha value is -4.64. The molecule has 3 aromatic carbocycles. The maximum absolute atomic E-state index is 14.3. The molecule has 2 amide bonds. The predicted octanol–water partition coefficient (Wildman–Crippen LogP) is 4.61. The average Bonchev–Trinajstić information content (AvgIpc) is 3.72. The Morgan fingerprint density at radius 1 is 1.02 bits per heavy atom. The van der Waals surface area contributed by atoms with Crippen molar-refractivity contribution in [1.29, 1.82) is 0 Å². The van der Waals surface area contributed by atoms with Crippen LogP contribution in [0, 0.1) is 0 Å². The molecule has 1 saturated carbocycles. The zero-order valence-electron chi connectivity index (χ0n) is 23.6. The molecule has 4 aromatic rings. The second-order valence-corrected chi connectivity index (χ2v) is 10.8. The summed E-state index contributed by atoms with van der Waals surface area (Å²) in [6.07, 6.45) is 3.90. The van der Waals surface area contributed by atoms with E-state index in [1.54, 1.807) is 73.8 Å². The van der Waals surface area contributed by atoms with E-state index in [0.717, 1.165) is 25.7 Å². The Kier molecular flexibility index (Phi) is 8.41. The Bertz CT molecular complexity index is 1590. The van der Waals surface area contributed by atoms with Crippen molar-refractivity contribution in [3.63, 3.8) is 0 Å². The van der Waals surface area contributed by atoms with Gasteiger partial charge in [-0.25, -0.2) is 0 Å². The van der Waals surface area contributed by atoms with Crippen molar-refractivity contribution < 1.29 is 23.8 Å². The van der Waals surface area contributed by atoms with Gasteiger partial charge in [0.2, 0.25) is 11.7 Å². The number of hydrogen-bond donors (Lipinski definition) is 1. The molecule has 0 bridgehead atoms. The van der Waals surface area contributed by atoms with Gasteiger partial charge in [0.05, 0.1) is 7.11 Å². The fraction of sp³-hybridized carbons (Fsp3) is 0.323. The van der Waals surface area contributed by atoms with Gasteiger partial charge in [-0.15, -0.1) is 10.2 Å². The largest absolute Gasteiger partial charge is 0.497 e. The van der Waals surface area contributed by atoms with Gasteiger partial charge >= 0.3 is 0 Å². The Morgan fingerprint density at radius 2 is 1.74 bits per heavy atom. The van der Waals surface area contributed by atoms with E-state index in [9.17, 15) is 9.59 Å². The Balaban J connectivity index is 1.38. The van der Waals surface area contributed by atoms with E-state index < -0.39 is 11.9 Å². The molecule has 12 heteroatoms. The van der Waals surface area contributed by atoms with Crippen LogP contribution in [0.15, 0.2) is 66.7 Å². The van der Waals surface area contributed by atoms with E-state index in [2.05, 4.69) is 20.7 Å². The second-order valence-electron chi connectivity index (χ2n) is 10.4. The highest BCUT2D eigenvalue weighted by Crippen LogP contribution is 2.38. The molecular formula is C31H31ClN6O5. The van der Waals surface area contributed by atoms with E-state index in [1.165, 1.54) is 9.70 Å². The molecule has 0 unspecified atom stereocenters. The molecule has 1 atom stereocenters. The lowest BCUT2D eigenvalue weighted by atomic mass is 10.0. The summed E-state index contributed by atoms with van der Waals surface area (Å²) in [4.78, 5) is 31.0. The maximum Gasteiger partial charge on any atom is 0.251 e. The molecule has 2 aliphatic rings. The van der Waals surface area contributed by atoms with Gasteiger partial charge in [0.25, 0.3) is 5.91 Å². The molecule has 11 nitrogen and oxygen atoms in total. The van der Waals surface area contributed by atoms with Gasteiger partial charge in [-0.05, 0) is 72.1 Å². The number of aromatic nitrogens is 4. The van der Waals surface area contributed by atoms with E-state index in [4.69, 9.17) is 25.8 Å². The summed E-state index contributed by atoms with van der Waals surface area (Å²) in [5.41, 5.74) is 1.79. The predicted molar refractivity (Wildman–Crippen MR) is 159 cm³/mol. The molecule has 0 radical (unpaired) electrons. The summed E-state index contributed by atoms with van der Waals surface area (Å²) in [7, 11) is 1.58. The third kappa shape index (κ3) is 6.41. The molecule has 1 aliphatic carbocycles. The topological polar surface area (TPSA) is 121 Å². The van der Waals surface area contributed by atoms with Crippen molar-refractivity contribution in [1.82, 2.24) is 25.5 Å². The normalized spacial score (nSPS) is 15.1. The number of benzene rings is 3. The second kappa shape index (κ2) is 12.7. The van der Waals surface area contributed by atoms with Gasteiger partial charge in [0.15, 0.2) is 11.5 Å². The summed E-state index contributed by atoms with van der Waals surface area (Å²) in [6, 6.07) is 18.4. The number of carbonyl (C=O) groups excluding carboxylic acids is 2. The third-order valence-corrected chi connectivity index (χ3v) is 7.80. The van der Waals surface area contributed by atoms with Crippen LogP contribution in [0.1, 0.15) is 37.3 Å². The fourth-order valence-electron chi connectivity index (χ4n) is 5.40. The SMILES string of the molecule is COc1ccc([C@@H](C(=O)NC2CCCC2)N(C(=O)Cn2nnc(-c3ccc(Cl)cc3)n2)c2ccc3c(c2)OCCO3)cc1. The van der Waals surface area contributed by atoms with E-state index >= 15 is 0 Å². The number of halogens is 1. The van der Waals surface area contributed by atoms with Crippen molar-refractivity contribution in [2.75, 3.05) is 25.2 Å². The molecule has 0 saturated heterocycles. The van der Waals surface area contributed by atoms with E-state index in [0.29, 0.717) is 58.1 Å². The number of fused-ring (bicyclic) bond motifs is 1. The molecule has 1 aliphatic heterocycles. The number of tetrazole rings is 1. The van der Waals surface area contributed by atoms with Crippen LogP contribution in [0.2, 0.25) is 5.02 Å². The van der Waals surface area contributed by atoms with Gasteiger partial charge in [-0.1, -0.05) is 36.6 Å². The van der Waals surface area contributed by atoms with Crippen molar-refractivity contribution >= 4 is 29.1 Å². The molecule has 1 N–H and O–H groups in total. The molecular weight excluding hydrogens is 572 g/mol. The number of rotatable bonds is 9. The van der Waals surface area contributed by atoms with E-state index in [1.807, 2.05) is 0 Å². The zero-order chi connectivity index (χ0) is 29.8. The first-order chi connectivity index (χ1) is 21.0. The Morgan fingerprint density at radius 3 is 2.47 bits per heavy atom. The number of nitrogens with one attached hydrogen (secondary N) is 1. The first-order valence-electron chi connectivity index (χ1n) is 14.2. The average molecular weight is 603 g/mol. The maximum atomic E-state index is 14.3. The molecule has 6 rings (SSSR count). The number of carbonyl (C=O) groups is 2. The standard InChI is InChI=1S/C31H31ClN6O5/c1-41-25-13-8-20(9-14-25)29(31(40)33-23-4-2-3-5-23)38(24-12-15-26-27(18-24)43-17-16-42-26)28(39)19-37-35-30(34-36-37)21-6-10-22(32)11-7-21/h6-15,18,23,29H,2-5,16-17,19H2,1H3,(H,33,40)/t29-/m0/s1. The highest BCUT2D eigenvalue weighted by Gasteiger charge is 2.35. The zero-order valence-corrected chi connectivity index (χ0v) is 24.4. The third-order valence-electron chi connectivity index (χ3n) is 7.54. The molecule has 1 fully saturated rings. The number of nitrogens with zero attached hydrogens (tertiary/aromatic N) is 5.